The number of amides is 1. The number of rotatable bonds is 3. The molecule has 0 atom stereocenters. The van der Waals surface area contributed by atoms with Gasteiger partial charge in [0.15, 0.2) is 10.8 Å². The van der Waals surface area contributed by atoms with Gasteiger partial charge in [-0.1, -0.05) is 0 Å². The first-order chi connectivity index (χ1) is 12.8. The normalized spacial score (nSPS) is 11.3. The van der Waals surface area contributed by atoms with E-state index < -0.39 is 0 Å². The number of nitrogens with zero attached hydrogens (tertiary/aromatic N) is 4. The second kappa shape index (κ2) is 6.54. The van der Waals surface area contributed by atoms with Crippen molar-refractivity contribution >= 4 is 44.7 Å². The van der Waals surface area contributed by atoms with Gasteiger partial charge in [-0.05, 0) is 39.8 Å². The molecular weight excluding hydrogens is 378 g/mol. The molecule has 0 aromatic carbocycles. The molecule has 4 aromatic rings. The van der Waals surface area contributed by atoms with E-state index in [4.69, 9.17) is 0 Å². The van der Waals surface area contributed by atoms with Gasteiger partial charge in [0.05, 0.1) is 22.3 Å². The number of thiophene rings is 1. The Kier molecular flexibility index (Phi) is 4.32. The number of carbonyl (C=O) groups is 1. The molecule has 0 spiro atoms. The number of nitrogens with one attached hydrogen (secondary N) is 1. The number of fused-ring (bicyclic) bond motifs is 1. The van der Waals surface area contributed by atoms with Crippen molar-refractivity contribution in [1.29, 1.82) is 0 Å². The third-order valence-electron chi connectivity index (χ3n) is 4.38. The Morgan fingerprint density at radius 3 is 2.63 bits per heavy atom. The highest BCUT2D eigenvalue weighted by atomic mass is 32.1. The highest BCUT2D eigenvalue weighted by molar-refractivity contribution is 7.14. The Morgan fingerprint density at radius 2 is 1.93 bits per heavy atom. The summed E-state index contributed by atoms with van der Waals surface area (Å²) in [6.45, 7) is 7.94. The van der Waals surface area contributed by atoms with Gasteiger partial charge < -0.3 is 0 Å². The standard InChI is InChI=1S/C19H19N5OS2/c1-9-6-14(16-11(3)23-24(5)17(16)20-9)18(25)22-19-21-15(8-26-19)13-7-10(2)27-12(13)4/h6-8H,1-5H3,(H,21,22,25). The third kappa shape index (κ3) is 3.15. The molecule has 4 aromatic heterocycles. The number of pyridine rings is 1. The van der Waals surface area contributed by atoms with Crippen LogP contribution in [0.25, 0.3) is 22.3 Å². The zero-order valence-corrected chi connectivity index (χ0v) is 17.4. The quantitative estimate of drug-likeness (QED) is 0.547. The minimum absolute atomic E-state index is 0.194. The molecule has 138 valence electrons. The first kappa shape index (κ1) is 17.8. The van der Waals surface area contributed by atoms with Crippen LogP contribution in [0.4, 0.5) is 5.13 Å². The zero-order valence-electron chi connectivity index (χ0n) is 15.7. The fourth-order valence-electron chi connectivity index (χ4n) is 3.25. The van der Waals surface area contributed by atoms with Crippen LogP contribution in [0.5, 0.6) is 0 Å². The maximum absolute atomic E-state index is 13.0. The average molecular weight is 398 g/mol. The summed E-state index contributed by atoms with van der Waals surface area (Å²) in [4.78, 5) is 24.6. The van der Waals surface area contributed by atoms with E-state index in [-0.39, 0.29) is 5.91 Å². The summed E-state index contributed by atoms with van der Waals surface area (Å²) in [5.41, 5.74) is 4.86. The predicted molar refractivity (Wildman–Crippen MR) is 111 cm³/mol. The smallest absolute Gasteiger partial charge is 0.258 e. The highest BCUT2D eigenvalue weighted by Crippen LogP contribution is 2.33. The molecule has 8 heteroatoms. The van der Waals surface area contributed by atoms with Crippen LogP contribution in [0.3, 0.4) is 0 Å². The second-order valence-corrected chi connectivity index (χ2v) is 8.86. The Labute approximate surface area is 164 Å². The lowest BCUT2D eigenvalue weighted by Crippen LogP contribution is -2.13. The number of aromatic nitrogens is 4. The summed E-state index contributed by atoms with van der Waals surface area (Å²) in [7, 11) is 1.84. The van der Waals surface area contributed by atoms with E-state index in [1.54, 1.807) is 22.1 Å². The Morgan fingerprint density at radius 1 is 1.15 bits per heavy atom. The molecule has 4 heterocycles. The lowest BCUT2D eigenvalue weighted by atomic mass is 10.1. The Balaban J connectivity index is 1.68. The SMILES string of the molecule is Cc1cc(C(=O)Nc2nc(-c3cc(C)sc3C)cs2)c2c(C)nn(C)c2n1. The lowest BCUT2D eigenvalue weighted by molar-refractivity contribution is 0.102. The van der Waals surface area contributed by atoms with Crippen molar-refractivity contribution in [1.82, 2.24) is 19.7 Å². The molecule has 6 nitrogen and oxygen atoms in total. The molecule has 4 rings (SSSR count). The van der Waals surface area contributed by atoms with E-state index in [0.717, 1.165) is 28.0 Å². The van der Waals surface area contributed by atoms with Gasteiger partial charge in [-0.3, -0.25) is 14.8 Å². The lowest BCUT2D eigenvalue weighted by Gasteiger charge is -2.05. The molecular formula is C19H19N5OS2. The fourth-order valence-corrected chi connectivity index (χ4v) is 4.89. The van der Waals surface area contributed by atoms with Crippen molar-refractivity contribution in [2.45, 2.75) is 27.7 Å². The van der Waals surface area contributed by atoms with Crippen LogP contribution in [-0.4, -0.2) is 25.7 Å². The van der Waals surface area contributed by atoms with Gasteiger partial charge in [0.2, 0.25) is 0 Å². The van der Waals surface area contributed by atoms with Crippen LogP contribution in [0.15, 0.2) is 17.5 Å². The van der Waals surface area contributed by atoms with Crippen LogP contribution in [0.1, 0.15) is 31.5 Å². The van der Waals surface area contributed by atoms with E-state index in [9.17, 15) is 4.79 Å². The summed E-state index contributed by atoms with van der Waals surface area (Å²) >= 11 is 3.18. The van der Waals surface area contributed by atoms with Gasteiger partial charge in [0.1, 0.15) is 0 Å². The molecule has 0 radical (unpaired) electrons. The van der Waals surface area contributed by atoms with Crippen molar-refractivity contribution in [3.8, 4) is 11.3 Å². The minimum atomic E-state index is -0.194. The second-order valence-electron chi connectivity index (χ2n) is 6.54. The molecule has 0 fully saturated rings. The van der Waals surface area contributed by atoms with Crippen LogP contribution in [0.2, 0.25) is 0 Å². The molecule has 1 amide bonds. The van der Waals surface area contributed by atoms with Crippen LogP contribution < -0.4 is 5.32 Å². The Bertz CT molecular complexity index is 1180. The maximum Gasteiger partial charge on any atom is 0.258 e. The van der Waals surface area contributed by atoms with Crippen molar-refractivity contribution < 1.29 is 4.79 Å². The number of anilines is 1. The van der Waals surface area contributed by atoms with Crippen LogP contribution in [-0.2, 0) is 7.05 Å². The third-order valence-corrected chi connectivity index (χ3v) is 6.11. The van der Waals surface area contributed by atoms with Crippen molar-refractivity contribution in [3.63, 3.8) is 0 Å². The number of carbonyl (C=O) groups excluding carboxylic acids is 1. The van der Waals surface area contributed by atoms with E-state index >= 15 is 0 Å². The first-order valence-corrected chi connectivity index (χ1v) is 10.2. The van der Waals surface area contributed by atoms with E-state index in [1.165, 1.54) is 21.1 Å². The van der Waals surface area contributed by atoms with Gasteiger partial charge in [-0.15, -0.1) is 22.7 Å². The summed E-state index contributed by atoms with van der Waals surface area (Å²) < 4.78 is 1.71. The molecule has 0 saturated carbocycles. The maximum atomic E-state index is 13.0. The molecule has 0 aliphatic carbocycles. The number of hydrogen-bond acceptors (Lipinski definition) is 6. The molecule has 1 N–H and O–H groups in total. The molecule has 0 unspecified atom stereocenters. The monoisotopic (exact) mass is 397 g/mol. The molecule has 0 aliphatic rings. The van der Waals surface area contributed by atoms with Crippen molar-refractivity contribution in [2.75, 3.05) is 5.32 Å². The molecule has 0 bridgehead atoms. The molecule has 0 saturated heterocycles. The number of thiazole rings is 1. The van der Waals surface area contributed by atoms with Crippen molar-refractivity contribution in [2.24, 2.45) is 7.05 Å². The van der Waals surface area contributed by atoms with E-state index in [2.05, 4.69) is 40.3 Å². The van der Waals surface area contributed by atoms with Gasteiger partial charge >= 0.3 is 0 Å². The van der Waals surface area contributed by atoms with Gasteiger partial charge in [-0.2, -0.15) is 5.10 Å². The largest absolute Gasteiger partial charge is 0.298 e. The summed E-state index contributed by atoms with van der Waals surface area (Å²) in [6.07, 6.45) is 0. The first-order valence-electron chi connectivity index (χ1n) is 8.48. The summed E-state index contributed by atoms with van der Waals surface area (Å²) in [5.74, 6) is -0.194. The van der Waals surface area contributed by atoms with E-state index in [0.29, 0.717) is 16.3 Å². The van der Waals surface area contributed by atoms with Gasteiger partial charge in [0, 0.05) is 33.4 Å². The molecule has 27 heavy (non-hydrogen) atoms. The van der Waals surface area contributed by atoms with Crippen LogP contribution in [0, 0.1) is 27.7 Å². The summed E-state index contributed by atoms with van der Waals surface area (Å²) in [6, 6.07) is 3.93. The Hall–Kier alpha value is -2.58. The van der Waals surface area contributed by atoms with Crippen molar-refractivity contribution in [3.05, 3.63) is 44.2 Å². The fraction of sp³-hybridized carbons (Fsp3) is 0.263. The van der Waals surface area contributed by atoms with Gasteiger partial charge in [0.25, 0.3) is 5.91 Å². The number of aryl methyl sites for hydroxylation is 5. The van der Waals surface area contributed by atoms with E-state index in [1.807, 2.05) is 26.3 Å². The average Bonchev–Trinajstić information content (AvgIpc) is 3.26. The molecule has 0 aliphatic heterocycles. The predicted octanol–water partition coefficient (Wildman–Crippen LogP) is 4.64. The minimum Gasteiger partial charge on any atom is -0.298 e. The highest BCUT2D eigenvalue weighted by Gasteiger charge is 2.19. The zero-order chi connectivity index (χ0) is 19.3. The van der Waals surface area contributed by atoms with Gasteiger partial charge in [-0.25, -0.2) is 9.97 Å². The van der Waals surface area contributed by atoms with Crippen LogP contribution >= 0.6 is 22.7 Å². The topological polar surface area (TPSA) is 72.7 Å². The number of hydrogen-bond donors (Lipinski definition) is 1. The summed E-state index contributed by atoms with van der Waals surface area (Å²) in [5, 5.41) is 10.7.